The molecule has 4 N–H and O–H groups in total. The minimum atomic E-state index is -1.10. The molecule has 2 rings (SSSR count). The normalized spacial score (nSPS) is 11.8. The number of anilines is 1. The number of nitrogens with zero attached hydrogens (tertiary/aromatic N) is 2. The van der Waals surface area contributed by atoms with Crippen LogP contribution in [0.3, 0.4) is 0 Å². The molecule has 6 nitrogen and oxygen atoms in total. The molecule has 1 unspecified atom stereocenters. The number of carboxylic acid groups (broad SMARTS) is 1. The smallest absolute Gasteiger partial charge is 0.405 e. The van der Waals surface area contributed by atoms with E-state index >= 15 is 0 Å². The van der Waals surface area contributed by atoms with Gasteiger partial charge in [0.25, 0.3) is 0 Å². The van der Waals surface area contributed by atoms with Crippen LogP contribution in [-0.2, 0) is 0 Å². The molecule has 1 heterocycles. The van der Waals surface area contributed by atoms with Crippen molar-refractivity contribution in [2.45, 2.75) is 13.0 Å². The predicted molar refractivity (Wildman–Crippen MR) is 71.5 cm³/mol. The SMILES string of the molecule is CC(NC(=O)O)c1cc(N)nnc1-c1ccccc1. The van der Waals surface area contributed by atoms with Crippen LogP contribution in [0, 0.1) is 0 Å². The molecule has 1 aromatic heterocycles. The Labute approximate surface area is 110 Å². The predicted octanol–water partition coefficient (Wildman–Crippen LogP) is 2.05. The van der Waals surface area contributed by atoms with E-state index in [1.165, 1.54) is 0 Å². The summed E-state index contributed by atoms with van der Waals surface area (Å²) in [5, 5.41) is 19.1. The second kappa shape index (κ2) is 5.34. The van der Waals surface area contributed by atoms with Gasteiger partial charge in [0.05, 0.1) is 11.7 Å². The number of hydrogen-bond acceptors (Lipinski definition) is 4. The van der Waals surface area contributed by atoms with E-state index in [1.807, 2.05) is 30.3 Å². The van der Waals surface area contributed by atoms with Gasteiger partial charge in [-0.2, -0.15) is 0 Å². The molecule has 0 aliphatic rings. The summed E-state index contributed by atoms with van der Waals surface area (Å²) in [7, 11) is 0. The molecular weight excluding hydrogens is 244 g/mol. The summed E-state index contributed by atoms with van der Waals surface area (Å²) in [6, 6.07) is 10.6. The maximum Gasteiger partial charge on any atom is 0.405 e. The third-order valence-corrected chi connectivity index (χ3v) is 2.70. The Bertz CT molecular complexity index is 586. The zero-order valence-electron chi connectivity index (χ0n) is 10.4. The highest BCUT2D eigenvalue weighted by molar-refractivity contribution is 5.68. The van der Waals surface area contributed by atoms with Crippen molar-refractivity contribution in [1.82, 2.24) is 15.5 Å². The van der Waals surface area contributed by atoms with E-state index in [2.05, 4.69) is 15.5 Å². The van der Waals surface area contributed by atoms with Crippen molar-refractivity contribution in [1.29, 1.82) is 0 Å². The summed E-state index contributed by atoms with van der Waals surface area (Å²) in [6.07, 6.45) is -1.10. The quantitative estimate of drug-likeness (QED) is 0.782. The Hall–Kier alpha value is -2.63. The molecule has 1 atom stereocenters. The number of nitrogens with one attached hydrogen (secondary N) is 1. The van der Waals surface area contributed by atoms with Crippen molar-refractivity contribution in [2.75, 3.05) is 5.73 Å². The van der Waals surface area contributed by atoms with Crippen molar-refractivity contribution in [3.8, 4) is 11.3 Å². The summed E-state index contributed by atoms with van der Waals surface area (Å²) >= 11 is 0. The Morgan fingerprint density at radius 3 is 2.63 bits per heavy atom. The molecule has 19 heavy (non-hydrogen) atoms. The maximum absolute atomic E-state index is 10.7. The molecule has 0 radical (unpaired) electrons. The first-order valence-electron chi connectivity index (χ1n) is 5.76. The Morgan fingerprint density at radius 1 is 1.32 bits per heavy atom. The molecule has 1 amide bonds. The number of nitrogen functional groups attached to an aromatic ring is 1. The minimum Gasteiger partial charge on any atom is -0.465 e. The van der Waals surface area contributed by atoms with Crippen molar-refractivity contribution in [3.63, 3.8) is 0 Å². The Balaban J connectivity index is 2.47. The van der Waals surface area contributed by atoms with Gasteiger partial charge in [-0.25, -0.2) is 4.79 Å². The average Bonchev–Trinajstić information content (AvgIpc) is 2.39. The highest BCUT2D eigenvalue weighted by Gasteiger charge is 2.16. The summed E-state index contributed by atoms with van der Waals surface area (Å²) in [4.78, 5) is 10.7. The third-order valence-electron chi connectivity index (χ3n) is 2.70. The van der Waals surface area contributed by atoms with Crippen LogP contribution in [0.2, 0.25) is 0 Å². The lowest BCUT2D eigenvalue weighted by molar-refractivity contribution is 0.191. The van der Waals surface area contributed by atoms with Gasteiger partial charge in [0.2, 0.25) is 0 Å². The van der Waals surface area contributed by atoms with E-state index in [9.17, 15) is 4.79 Å². The van der Waals surface area contributed by atoms with Crippen molar-refractivity contribution < 1.29 is 9.90 Å². The van der Waals surface area contributed by atoms with Crippen molar-refractivity contribution >= 4 is 11.9 Å². The molecular formula is C13H14N4O2. The van der Waals surface area contributed by atoms with Crippen LogP contribution in [0.4, 0.5) is 10.6 Å². The molecule has 0 saturated heterocycles. The Morgan fingerprint density at radius 2 is 2.00 bits per heavy atom. The molecule has 0 aliphatic carbocycles. The van der Waals surface area contributed by atoms with Gasteiger partial charge in [-0.05, 0) is 13.0 Å². The van der Waals surface area contributed by atoms with Crippen LogP contribution < -0.4 is 11.1 Å². The monoisotopic (exact) mass is 258 g/mol. The van der Waals surface area contributed by atoms with Crippen molar-refractivity contribution in [3.05, 3.63) is 42.0 Å². The van der Waals surface area contributed by atoms with Crippen LogP contribution in [0.25, 0.3) is 11.3 Å². The molecule has 1 aromatic carbocycles. The molecule has 0 saturated carbocycles. The average molecular weight is 258 g/mol. The first kappa shape index (κ1) is 12.8. The van der Waals surface area contributed by atoms with E-state index in [0.29, 0.717) is 11.3 Å². The number of rotatable bonds is 3. The number of carbonyl (C=O) groups is 1. The van der Waals surface area contributed by atoms with E-state index < -0.39 is 12.1 Å². The third kappa shape index (κ3) is 2.98. The zero-order valence-corrected chi connectivity index (χ0v) is 10.4. The summed E-state index contributed by atoms with van der Waals surface area (Å²) in [6.45, 7) is 1.73. The number of hydrogen-bond donors (Lipinski definition) is 3. The van der Waals surface area contributed by atoms with Gasteiger partial charge in [0.1, 0.15) is 5.82 Å². The molecule has 0 bridgehead atoms. The lowest BCUT2D eigenvalue weighted by Gasteiger charge is -2.15. The molecule has 0 spiro atoms. The highest BCUT2D eigenvalue weighted by Crippen LogP contribution is 2.26. The standard InChI is InChI=1S/C13H14N4O2/c1-8(15-13(18)19)10-7-11(14)16-17-12(10)9-5-3-2-4-6-9/h2-8,15H,1H3,(H2,14,16)(H,18,19). The molecule has 2 aromatic rings. The van der Waals surface area contributed by atoms with Gasteiger partial charge in [0, 0.05) is 11.1 Å². The minimum absolute atomic E-state index is 0.258. The maximum atomic E-state index is 10.7. The van der Waals surface area contributed by atoms with Gasteiger partial charge in [-0.3, -0.25) is 0 Å². The van der Waals surface area contributed by atoms with E-state index in [4.69, 9.17) is 10.8 Å². The fourth-order valence-electron chi connectivity index (χ4n) is 1.84. The number of nitrogens with two attached hydrogens (primary N) is 1. The van der Waals surface area contributed by atoms with Crippen LogP contribution in [0.5, 0.6) is 0 Å². The van der Waals surface area contributed by atoms with Gasteiger partial charge in [0.15, 0.2) is 0 Å². The fraction of sp³-hybridized carbons (Fsp3) is 0.154. The lowest BCUT2D eigenvalue weighted by Crippen LogP contribution is -2.25. The fourth-order valence-corrected chi connectivity index (χ4v) is 1.84. The first-order chi connectivity index (χ1) is 9.08. The van der Waals surface area contributed by atoms with Gasteiger partial charge >= 0.3 is 6.09 Å². The van der Waals surface area contributed by atoms with Crippen LogP contribution >= 0.6 is 0 Å². The summed E-state index contributed by atoms with van der Waals surface area (Å²) in [5.74, 6) is 0.258. The Kier molecular flexibility index (Phi) is 3.61. The molecule has 98 valence electrons. The topological polar surface area (TPSA) is 101 Å². The van der Waals surface area contributed by atoms with Crippen LogP contribution in [-0.4, -0.2) is 21.4 Å². The van der Waals surface area contributed by atoms with Crippen LogP contribution in [0.1, 0.15) is 18.5 Å². The number of amides is 1. The lowest BCUT2D eigenvalue weighted by atomic mass is 10.0. The second-order valence-electron chi connectivity index (χ2n) is 4.11. The zero-order chi connectivity index (χ0) is 13.8. The van der Waals surface area contributed by atoms with Gasteiger partial charge < -0.3 is 16.2 Å². The molecule has 6 heteroatoms. The van der Waals surface area contributed by atoms with Crippen LogP contribution in [0.15, 0.2) is 36.4 Å². The number of benzene rings is 1. The number of aromatic nitrogens is 2. The largest absolute Gasteiger partial charge is 0.465 e. The summed E-state index contributed by atoms with van der Waals surface area (Å²) in [5.41, 5.74) is 7.81. The second-order valence-corrected chi connectivity index (χ2v) is 4.11. The first-order valence-corrected chi connectivity index (χ1v) is 5.76. The van der Waals surface area contributed by atoms with E-state index in [1.54, 1.807) is 13.0 Å². The van der Waals surface area contributed by atoms with E-state index in [0.717, 1.165) is 5.56 Å². The highest BCUT2D eigenvalue weighted by atomic mass is 16.4. The van der Waals surface area contributed by atoms with Gasteiger partial charge in [-0.1, -0.05) is 30.3 Å². The van der Waals surface area contributed by atoms with Crippen molar-refractivity contribution in [2.24, 2.45) is 0 Å². The summed E-state index contributed by atoms with van der Waals surface area (Å²) < 4.78 is 0. The molecule has 0 fully saturated rings. The van der Waals surface area contributed by atoms with E-state index in [-0.39, 0.29) is 5.82 Å². The van der Waals surface area contributed by atoms with Gasteiger partial charge in [-0.15, -0.1) is 10.2 Å². The molecule has 0 aliphatic heterocycles.